The van der Waals surface area contributed by atoms with Crippen LogP contribution in [0.4, 0.5) is 0 Å². The van der Waals surface area contributed by atoms with Crippen LogP contribution in [0.25, 0.3) is 20.4 Å². The van der Waals surface area contributed by atoms with E-state index in [0.717, 1.165) is 20.5 Å². The maximum Gasteiger partial charge on any atom is 0.231 e. The Kier molecular flexibility index (Phi) is 2.30. The van der Waals surface area contributed by atoms with Crippen molar-refractivity contribution in [3.8, 4) is 0 Å². The summed E-state index contributed by atoms with van der Waals surface area (Å²) in [6.45, 7) is 4.12. The summed E-state index contributed by atoms with van der Waals surface area (Å²) >= 11 is 1.61. The largest absolute Gasteiger partial charge is 0.456 e. The van der Waals surface area contributed by atoms with E-state index < -0.39 is 0 Å². The molecular formula is C14H12O2S. The third-order valence-corrected chi connectivity index (χ3v) is 3.94. The summed E-state index contributed by atoms with van der Waals surface area (Å²) < 4.78 is 7.62. The molecule has 2 nitrogen and oxygen atoms in total. The van der Waals surface area contributed by atoms with Crippen molar-refractivity contribution < 1.29 is 4.42 Å². The summed E-state index contributed by atoms with van der Waals surface area (Å²) in [5.74, 6) is 1.18. The van der Waals surface area contributed by atoms with Gasteiger partial charge in [0.1, 0.15) is 5.76 Å². The van der Waals surface area contributed by atoms with Crippen molar-refractivity contribution in [1.82, 2.24) is 0 Å². The lowest BCUT2D eigenvalue weighted by Gasteiger charge is -1.96. The van der Waals surface area contributed by atoms with Crippen LogP contribution < -0.4 is 5.43 Å². The second-order valence-corrected chi connectivity index (χ2v) is 5.51. The number of benzene rings is 1. The SMILES string of the molecule is CC(C)c1cc2sc3ccccc3c(=O)c2o1. The predicted molar refractivity (Wildman–Crippen MR) is 72.0 cm³/mol. The first-order valence-corrected chi connectivity index (χ1v) is 6.44. The van der Waals surface area contributed by atoms with Gasteiger partial charge in [-0.3, -0.25) is 4.79 Å². The zero-order chi connectivity index (χ0) is 12.0. The third-order valence-electron chi connectivity index (χ3n) is 2.84. The average molecular weight is 244 g/mol. The van der Waals surface area contributed by atoms with E-state index in [-0.39, 0.29) is 5.43 Å². The molecule has 17 heavy (non-hydrogen) atoms. The van der Waals surface area contributed by atoms with Crippen LogP contribution in [0.15, 0.2) is 39.5 Å². The summed E-state index contributed by atoms with van der Waals surface area (Å²) in [5.41, 5.74) is 0.499. The highest BCUT2D eigenvalue weighted by Gasteiger charge is 2.12. The summed E-state index contributed by atoms with van der Waals surface area (Å²) in [7, 11) is 0. The Bertz CT molecular complexity index is 750. The lowest BCUT2D eigenvalue weighted by atomic mass is 10.2. The molecule has 3 aromatic rings. The Morgan fingerprint density at radius 1 is 1.18 bits per heavy atom. The zero-order valence-electron chi connectivity index (χ0n) is 9.69. The molecule has 0 amide bonds. The quantitative estimate of drug-likeness (QED) is 0.644. The molecule has 0 N–H and O–H groups in total. The Hall–Kier alpha value is -1.61. The zero-order valence-corrected chi connectivity index (χ0v) is 10.5. The van der Waals surface area contributed by atoms with Crippen LogP contribution >= 0.6 is 11.3 Å². The Balaban J connectivity index is 2.47. The number of fused-ring (bicyclic) bond motifs is 2. The molecule has 0 radical (unpaired) electrons. The third kappa shape index (κ3) is 1.58. The van der Waals surface area contributed by atoms with E-state index in [9.17, 15) is 4.79 Å². The minimum Gasteiger partial charge on any atom is -0.456 e. The molecule has 3 rings (SSSR count). The fourth-order valence-electron chi connectivity index (χ4n) is 1.89. The van der Waals surface area contributed by atoms with Crippen LogP contribution in [0.2, 0.25) is 0 Å². The first-order valence-electron chi connectivity index (χ1n) is 5.62. The molecule has 0 unspecified atom stereocenters. The van der Waals surface area contributed by atoms with Crippen LogP contribution in [-0.4, -0.2) is 0 Å². The summed E-state index contributed by atoms with van der Waals surface area (Å²) in [5, 5.41) is 0.745. The lowest BCUT2D eigenvalue weighted by Crippen LogP contribution is -1.98. The van der Waals surface area contributed by atoms with Crippen molar-refractivity contribution in [2.75, 3.05) is 0 Å². The maximum absolute atomic E-state index is 12.2. The predicted octanol–water partition coefficient (Wildman–Crippen LogP) is 4.13. The van der Waals surface area contributed by atoms with Gasteiger partial charge in [0, 0.05) is 16.0 Å². The molecule has 3 heteroatoms. The normalized spacial score (nSPS) is 11.7. The number of rotatable bonds is 1. The average Bonchev–Trinajstić information content (AvgIpc) is 2.74. The molecule has 0 fully saturated rings. The van der Waals surface area contributed by atoms with Crippen LogP contribution in [-0.2, 0) is 0 Å². The van der Waals surface area contributed by atoms with Crippen LogP contribution in [0.5, 0.6) is 0 Å². The fourth-order valence-corrected chi connectivity index (χ4v) is 2.95. The molecule has 0 bridgehead atoms. The minimum absolute atomic E-state index is 0.00116. The van der Waals surface area contributed by atoms with Crippen molar-refractivity contribution >= 4 is 31.7 Å². The van der Waals surface area contributed by atoms with Gasteiger partial charge in [-0.05, 0) is 18.2 Å². The van der Waals surface area contributed by atoms with Crippen molar-refractivity contribution in [2.24, 2.45) is 0 Å². The molecule has 0 saturated heterocycles. The molecule has 2 heterocycles. The summed E-state index contributed by atoms with van der Waals surface area (Å²) in [4.78, 5) is 12.2. The Morgan fingerprint density at radius 2 is 1.94 bits per heavy atom. The van der Waals surface area contributed by atoms with E-state index in [0.29, 0.717) is 11.5 Å². The summed E-state index contributed by atoms with van der Waals surface area (Å²) in [6.07, 6.45) is 0. The molecule has 0 aliphatic heterocycles. The molecule has 86 valence electrons. The van der Waals surface area contributed by atoms with E-state index >= 15 is 0 Å². The van der Waals surface area contributed by atoms with Crippen molar-refractivity contribution in [3.63, 3.8) is 0 Å². The van der Waals surface area contributed by atoms with Gasteiger partial charge in [-0.25, -0.2) is 0 Å². The number of hydrogen-bond donors (Lipinski definition) is 0. The van der Waals surface area contributed by atoms with E-state index in [4.69, 9.17) is 4.42 Å². The maximum atomic E-state index is 12.2. The van der Waals surface area contributed by atoms with Gasteiger partial charge in [-0.15, -0.1) is 11.3 Å². The highest BCUT2D eigenvalue weighted by atomic mass is 32.1. The minimum atomic E-state index is 0.00116. The molecular weight excluding hydrogens is 232 g/mol. The van der Waals surface area contributed by atoms with E-state index in [1.54, 1.807) is 11.3 Å². The van der Waals surface area contributed by atoms with Gasteiger partial charge in [-0.2, -0.15) is 0 Å². The second kappa shape index (κ2) is 3.70. The highest BCUT2D eigenvalue weighted by Crippen LogP contribution is 2.29. The molecule has 2 aromatic heterocycles. The first kappa shape index (κ1) is 10.5. The monoisotopic (exact) mass is 244 g/mol. The molecule has 0 saturated carbocycles. The lowest BCUT2D eigenvalue weighted by molar-refractivity contribution is 0.520. The molecule has 0 aliphatic carbocycles. The van der Waals surface area contributed by atoms with Crippen molar-refractivity contribution in [3.05, 3.63) is 46.3 Å². The van der Waals surface area contributed by atoms with Gasteiger partial charge >= 0.3 is 0 Å². The first-order chi connectivity index (χ1) is 8.16. The fraction of sp³-hybridized carbons (Fsp3) is 0.214. The Morgan fingerprint density at radius 3 is 2.71 bits per heavy atom. The topological polar surface area (TPSA) is 30.2 Å². The van der Waals surface area contributed by atoms with E-state index in [2.05, 4.69) is 13.8 Å². The van der Waals surface area contributed by atoms with Crippen molar-refractivity contribution in [2.45, 2.75) is 19.8 Å². The van der Waals surface area contributed by atoms with E-state index in [1.807, 2.05) is 30.3 Å². The highest BCUT2D eigenvalue weighted by molar-refractivity contribution is 7.24. The summed E-state index contributed by atoms with van der Waals surface area (Å²) in [6, 6.07) is 9.65. The van der Waals surface area contributed by atoms with Gasteiger partial charge in [-0.1, -0.05) is 26.0 Å². The molecule has 0 atom stereocenters. The number of furan rings is 1. The van der Waals surface area contributed by atoms with Gasteiger partial charge in [0.25, 0.3) is 0 Å². The van der Waals surface area contributed by atoms with Crippen LogP contribution in [0, 0.1) is 0 Å². The molecule has 0 spiro atoms. The van der Waals surface area contributed by atoms with Crippen LogP contribution in [0.1, 0.15) is 25.5 Å². The smallest absolute Gasteiger partial charge is 0.231 e. The molecule has 1 aromatic carbocycles. The van der Waals surface area contributed by atoms with Crippen molar-refractivity contribution in [1.29, 1.82) is 0 Å². The Labute approximate surface area is 102 Å². The van der Waals surface area contributed by atoms with Gasteiger partial charge in [0.2, 0.25) is 5.43 Å². The van der Waals surface area contributed by atoms with Gasteiger partial charge in [0.15, 0.2) is 5.58 Å². The van der Waals surface area contributed by atoms with Gasteiger partial charge in [0.05, 0.1) is 4.70 Å². The van der Waals surface area contributed by atoms with E-state index in [1.165, 1.54) is 0 Å². The number of hydrogen-bond acceptors (Lipinski definition) is 3. The standard InChI is InChI=1S/C14H12O2S/c1-8(2)10-7-12-14(16-10)13(15)9-5-3-4-6-11(9)17-12/h3-8H,1-2H3. The molecule has 0 aliphatic rings. The second-order valence-electron chi connectivity index (χ2n) is 4.42. The van der Waals surface area contributed by atoms with Gasteiger partial charge < -0.3 is 4.42 Å². The van der Waals surface area contributed by atoms with Crippen LogP contribution in [0.3, 0.4) is 0 Å².